The zero-order valence-corrected chi connectivity index (χ0v) is 19.4. The average molecular weight is 467 g/mol. The summed E-state index contributed by atoms with van der Waals surface area (Å²) in [6.45, 7) is 7.22. The standard InChI is InChI=1S/C20H26N4O5S2/c1-4-24(5-2)31(27,28)15-9-7-14(8-10-15)18(25)23-12-11-16-17(13-23)30-19(21-16)22-20(26)29-6-3/h7-10H,4-6,11-13H2,1-3H3,(H,21,22,26). The van der Waals surface area contributed by atoms with Crippen molar-refractivity contribution in [1.82, 2.24) is 14.2 Å². The number of carbonyl (C=O) groups excluding carboxylic acids is 2. The second kappa shape index (κ2) is 9.75. The van der Waals surface area contributed by atoms with Crippen molar-refractivity contribution in [3.05, 3.63) is 40.4 Å². The van der Waals surface area contributed by atoms with Crippen LogP contribution in [0.1, 0.15) is 41.7 Å². The fourth-order valence-electron chi connectivity index (χ4n) is 3.34. The molecule has 0 unspecified atom stereocenters. The molecule has 1 N–H and O–H groups in total. The van der Waals surface area contributed by atoms with Crippen LogP contribution >= 0.6 is 11.3 Å². The van der Waals surface area contributed by atoms with Gasteiger partial charge in [-0.1, -0.05) is 25.2 Å². The largest absolute Gasteiger partial charge is 0.450 e. The Morgan fingerprint density at radius 3 is 2.48 bits per heavy atom. The molecule has 0 bridgehead atoms. The van der Waals surface area contributed by atoms with E-state index in [2.05, 4.69) is 10.3 Å². The molecule has 0 spiro atoms. The SMILES string of the molecule is CCOC(=O)Nc1nc2c(s1)CN(C(=O)c1ccc(S(=O)(=O)N(CC)CC)cc1)CC2. The van der Waals surface area contributed by atoms with Crippen LogP contribution in [0.2, 0.25) is 0 Å². The van der Waals surface area contributed by atoms with Crippen LogP contribution in [0.4, 0.5) is 9.93 Å². The molecule has 0 radical (unpaired) electrons. The summed E-state index contributed by atoms with van der Waals surface area (Å²) in [4.78, 5) is 31.7. The van der Waals surface area contributed by atoms with Crippen molar-refractivity contribution >= 4 is 38.5 Å². The highest BCUT2D eigenvalue weighted by atomic mass is 32.2. The van der Waals surface area contributed by atoms with Gasteiger partial charge in [-0.05, 0) is 31.2 Å². The first-order chi connectivity index (χ1) is 14.8. The van der Waals surface area contributed by atoms with Gasteiger partial charge in [-0.2, -0.15) is 4.31 Å². The smallest absolute Gasteiger partial charge is 0.413 e. The van der Waals surface area contributed by atoms with Gasteiger partial charge < -0.3 is 9.64 Å². The molecule has 1 aromatic heterocycles. The second-order valence-electron chi connectivity index (χ2n) is 6.82. The number of sulfonamides is 1. The minimum atomic E-state index is -3.56. The summed E-state index contributed by atoms with van der Waals surface area (Å²) in [6.07, 6.45) is 0.0255. The third-order valence-electron chi connectivity index (χ3n) is 4.95. The highest BCUT2D eigenvalue weighted by Crippen LogP contribution is 2.29. The Bertz CT molecular complexity index is 1050. The lowest BCUT2D eigenvalue weighted by molar-refractivity contribution is 0.0736. The number of amides is 2. The predicted molar refractivity (Wildman–Crippen MR) is 118 cm³/mol. The summed E-state index contributed by atoms with van der Waals surface area (Å²) in [5, 5.41) is 3.04. The number of benzene rings is 1. The first kappa shape index (κ1) is 23.2. The molecule has 0 saturated carbocycles. The number of carbonyl (C=O) groups is 2. The van der Waals surface area contributed by atoms with Crippen molar-refractivity contribution in [2.75, 3.05) is 31.6 Å². The van der Waals surface area contributed by atoms with Gasteiger partial charge in [0, 0.05) is 36.5 Å². The molecule has 168 valence electrons. The van der Waals surface area contributed by atoms with Crippen LogP contribution in [0, 0.1) is 0 Å². The van der Waals surface area contributed by atoms with Gasteiger partial charge in [0.2, 0.25) is 10.0 Å². The maximum Gasteiger partial charge on any atom is 0.413 e. The normalized spacial score (nSPS) is 13.7. The van der Waals surface area contributed by atoms with Crippen molar-refractivity contribution in [3.63, 3.8) is 0 Å². The molecular weight excluding hydrogens is 440 g/mol. The molecule has 0 aliphatic carbocycles. The zero-order valence-electron chi connectivity index (χ0n) is 17.8. The summed E-state index contributed by atoms with van der Waals surface area (Å²) in [5.74, 6) is -0.175. The first-order valence-corrected chi connectivity index (χ1v) is 12.4. The van der Waals surface area contributed by atoms with E-state index in [1.807, 2.05) is 0 Å². The van der Waals surface area contributed by atoms with Crippen LogP contribution in [0.5, 0.6) is 0 Å². The molecule has 9 nitrogen and oxygen atoms in total. The van der Waals surface area contributed by atoms with Gasteiger partial charge in [0.05, 0.1) is 23.7 Å². The van der Waals surface area contributed by atoms with Gasteiger partial charge in [0.1, 0.15) is 0 Å². The zero-order chi connectivity index (χ0) is 22.6. The topological polar surface area (TPSA) is 109 Å². The van der Waals surface area contributed by atoms with E-state index in [9.17, 15) is 18.0 Å². The van der Waals surface area contributed by atoms with Gasteiger partial charge in [-0.15, -0.1) is 0 Å². The van der Waals surface area contributed by atoms with E-state index in [-0.39, 0.29) is 17.4 Å². The number of fused-ring (bicyclic) bond motifs is 1. The van der Waals surface area contributed by atoms with Crippen molar-refractivity contribution in [2.45, 2.75) is 38.6 Å². The molecule has 0 atom stereocenters. The molecule has 11 heteroatoms. The summed E-state index contributed by atoms with van der Waals surface area (Å²) in [7, 11) is -3.56. The van der Waals surface area contributed by atoms with Gasteiger partial charge in [0.25, 0.3) is 5.91 Å². The van der Waals surface area contributed by atoms with E-state index < -0.39 is 16.1 Å². The van der Waals surface area contributed by atoms with E-state index in [4.69, 9.17) is 4.74 Å². The Kier molecular flexibility index (Phi) is 7.29. The Morgan fingerprint density at radius 2 is 1.87 bits per heavy atom. The highest BCUT2D eigenvalue weighted by molar-refractivity contribution is 7.89. The molecule has 2 amide bonds. The van der Waals surface area contributed by atoms with Crippen molar-refractivity contribution < 1.29 is 22.7 Å². The maximum absolute atomic E-state index is 12.9. The fraction of sp³-hybridized carbons (Fsp3) is 0.450. The molecule has 0 saturated heterocycles. The Labute approximate surface area is 186 Å². The van der Waals surface area contributed by atoms with Gasteiger partial charge in [-0.3, -0.25) is 10.1 Å². The lowest BCUT2D eigenvalue weighted by Crippen LogP contribution is -2.35. The number of aromatic nitrogens is 1. The monoisotopic (exact) mass is 466 g/mol. The van der Waals surface area contributed by atoms with E-state index in [1.54, 1.807) is 37.8 Å². The number of ether oxygens (including phenoxy) is 1. The van der Waals surface area contributed by atoms with Crippen LogP contribution < -0.4 is 5.32 Å². The van der Waals surface area contributed by atoms with E-state index >= 15 is 0 Å². The predicted octanol–water partition coefficient (Wildman–Crippen LogP) is 2.94. The van der Waals surface area contributed by atoms with Gasteiger partial charge in [-0.25, -0.2) is 18.2 Å². The molecule has 1 aliphatic heterocycles. The van der Waals surface area contributed by atoms with E-state index in [0.29, 0.717) is 43.3 Å². The van der Waals surface area contributed by atoms with Crippen LogP contribution in [-0.4, -0.2) is 60.8 Å². The summed E-state index contributed by atoms with van der Waals surface area (Å²) < 4.78 is 31.5. The number of hydrogen-bond donors (Lipinski definition) is 1. The van der Waals surface area contributed by atoms with E-state index in [1.165, 1.54) is 27.8 Å². The molecule has 2 aromatic rings. The quantitative estimate of drug-likeness (QED) is 0.672. The first-order valence-electron chi connectivity index (χ1n) is 10.1. The fourth-order valence-corrected chi connectivity index (χ4v) is 5.81. The number of rotatable bonds is 7. The van der Waals surface area contributed by atoms with Crippen molar-refractivity contribution in [3.8, 4) is 0 Å². The van der Waals surface area contributed by atoms with Crippen LogP contribution in [-0.2, 0) is 27.7 Å². The number of anilines is 1. The summed E-state index contributed by atoms with van der Waals surface area (Å²) >= 11 is 1.32. The molecule has 2 heterocycles. The minimum absolute atomic E-state index is 0.172. The van der Waals surface area contributed by atoms with Gasteiger partial charge >= 0.3 is 6.09 Å². The molecule has 1 aromatic carbocycles. The summed E-state index contributed by atoms with van der Waals surface area (Å²) in [5.41, 5.74) is 1.29. The highest BCUT2D eigenvalue weighted by Gasteiger charge is 2.26. The molecule has 31 heavy (non-hydrogen) atoms. The Hall–Kier alpha value is -2.50. The lowest BCUT2D eigenvalue weighted by atomic mass is 10.1. The molecule has 0 fully saturated rings. The second-order valence-corrected chi connectivity index (χ2v) is 9.85. The van der Waals surface area contributed by atoms with E-state index in [0.717, 1.165) is 10.6 Å². The van der Waals surface area contributed by atoms with Crippen LogP contribution in [0.25, 0.3) is 0 Å². The Morgan fingerprint density at radius 1 is 1.19 bits per heavy atom. The maximum atomic E-state index is 12.9. The molecular formula is C20H26N4O5S2. The summed E-state index contributed by atoms with van der Waals surface area (Å²) in [6, 6.07) is 6.05. The van der Waals surface area contributed by atoms with Crippen molar-refractivity contribution in [1.29, 1.82) is 0 Å². The number of nitrogens with zero attached hydrogens (tertiary/aromatic N) is 3. The molecule has 1 aliphatic rings. The third kappa shape index (κ3) is 5.05. The average Bonchev–Trinajstić information content (AvgIpc) is 3.15. The minimum Gasteiger partial charge on any atom is -0.450 e. The van der Waals surface area contributed by atoms with Crippen molar-refractivity contribution in [2.24, 2.45) is 0 Å². The number of thiazole rings is 1. The van der Waals surface area contributed by atoms with Gasteiger partial charge in [0.15, 0.2) is 5.13 Å². The number of nitrogens with one attached hydrogen (secondary N) is 1. The van der Waals surface area contributed by atoms with Crippen LogP contribution in [0.3, 0.4) is 0 Å². The molecule has 3 rings (SSSR count). The lowest BCUT2D eigenvalue weighted by Gasteiger charge is -2.26. The van der Waals surface area contributed by atoms with Crippen LogP contribution in [0.15, 0.2) is 29.2 Å². The third-order valence-corrected chi connectivity index (χ3v) is 8.01. The Balaban J connectivity index is 1.70. The number of hydrogen-bond acceptors (Lipinski definition) is 7.